The van der Waals surface area contributed by atoms with Crippen LogP contribution in [0.2, 0.25) is 0 Å². The maximum Gasteiger partial charge on any atom is 0.326 e. The molecule has 0 aliphatic carbocycles. The van der Waals surface area contributed by atoms with Gasteiger partial charge in [0.25, 0.3) is 0 Å². The number of carboxylic acid groups (broad SMARTS) is 4. The zero-order valence-corrected chi connectivity index (χ0v) is 75.3. The van der Waals surface area contributed by atoms with Crippen molar-refractivity contribution >= 4 is 142 Å². The molecule has 1 aromatic carbocycles. The lowest BCUT2D eigenvalue weighted by Crippen LogP contribution is -2.62. The first kappa shape index (κ1) is 112. The fraction of sp³-hybridized carbons (Fsp3) is 0.617. The standard InChI is InChI=1S/C81H127N23O26S/c1-10-40(5)63(102-78(127)65(43(8)105)103-77(126)64(41(6)11-2)101-75(124)56-20-16-29-104(56)79(128)46(82)21-25-60(109)110)76(125)89-37-59(108)92-47(19-15-28-88-81(85)86)68(117)99-54(35-62(113)114)74(123)97-52(32-44-17-13-12-14-18-44)72(121)94-49(23-26-61(111)112)67(116)91-42(7)66(115)96-51(31-39(3)4)71(120)95-50(27-30-131-9)70(119)98-53(34-58(84)107)73(122)93-48(22-24-57(83)106)69(118)100-55(80(129)130)33-45-36-87-38-90-45/h12-14,17-18,36,38-43,46-56,63-65,105H,10-11,15-16,19-35,37,82H2,1-9H3,(H2,83,106)(H2,84,107)(H,87,90)(H,89,125)(H,91,116)(H,92,108)(H,93,122)(H,94,121)(H,95,120)(H,96,115)(H,97,123)(H,98,119)(H,99,117)(H,100,118)(H,101,124)(H,102,127)(H,103,126)(H,109,110)(H,111,112)(H,113,114)(H,129,130)(H4,85,86,88)/t40-,41-,42-,43+,46-,47-,48-,49-,50-,51-,52-,53-,54-,55-,56-,63-,64-,65-/m0/s1. The number of amides is 17. The Kier molecular flexibility index (Phi) is 48.7. The van der Waals surface area contributed by atoms with E-state index in [1.807, 2.05) is 0 Å². The number of H-pyrrole nitrogens is 1. The first-order chi connectivity index (χ1) is 61.6. The molecule has 1 aliphatic rings. The molecular formula is C81H127N23O26S. The molecule has 18 atom stereocenters. The summed E-state index contributed by atoms with van der Waals surface area (Å²) in [6, 6.07) is -16.6. The maximum absolute atomic E-state index is 14.7. The largest absolute Gasteiger partial charge is 0.481 e. The molecule has 1 aromatic heterocycles. The zero-order chi connectivity index (χ0) is 98.6. The number of hydrogen-bond acceptors (Lipinski definition) is 26. The molecule has 50 heteroatoms. The van der Waals surface area contributed by atoms with Gasteiger partial charge in [0.2, 0.25) is 100 Å². The van der Waals surface area contributed by atoms with Crippen LogP contribution in [0.5, 0.6) is 0 Å². The summed E-state index contributed by atoms with van der Waals surface area (Å²) < 4.78 is 0. The molecule has 1 saturated heterocycles. The Morgan fingerprint density at radius 2 is 0.992 bits per heavy atom. The Bertz CT molecular complexity index is 4300. The highest BCUT2D eigenvalue weighted by Crippen LogP contribution is 2.22. The fourth-order valence-corrected chi connectivity index (χ4v) is 13.8. The van der Waals surface area contributed by atoms with Crippen molar-refractivity contribution in [2.45, 2.75) is 268 Å². The smallest absolute Gasteiger partial charge is 0.326 e. The van der Waals surface area contributed by atoms with Crippen molar-refractivity contribution in [3.05, 3.63) is 54.1 Å². The van der Waals surface area contributed by atoms with Gasteiger partial charge in [-0.3, -0.25) is 101 Å². The van der Waals surface area contributed by atoms with E-state index < -0.39 is 303 Å². The number of aliphatic hydroxyl groups excluding tert-OH is 1. The predicted molar refractivity (Wildman–Crippen MR) is 467 cm³/mol. The van der Waals surface area contributed by atoms with Crippen molar-refractivity contribution < 1.29 is 126 Å². The monoisotopic (exact) mass is 1870 g/mol. The molecule has 0 radical (unpaired) electrons. The second kappa shape index (κ2) is 57.0. The summed E-state index contributed by atoms with van der Waals surface area (Å²) in [6.07, 6.45) is -3.06. The Morgan fingerprint density at radius 1 is 0.511 bits per heavy atom. The van der Waals surface area contributed by atoms with E-state index in [1.54, 1.807) is 66.0 Å². The summed E-state index contributed by atoms with van der Waals surface area (Å²) in [6.45, 7) is 11.3. The average molecular weight is 1870 g/mol. The molecular weight excluding hydrogens is 1740 g/mol. The number of aliphatic carboxylic acids is 4. The van der Waals surface area contributed by atoms with Crippen LogP contribution in [0.3, 0.4) is 0 Å². The summed E-state index contributed by atoms with van der Waals surface area (Å²) in [5, 5.41) is 93.8. The number of carbonyl (C=O) groups is 21. The molecule has 2 aromatic rings. The molecule has 728 valence electrons. The number of aliphatic hydroxyl groups is 1. The average Bonchev–Trinajstić information content (AvgIpc) is 0.942. The third kappa shape index (κ3) is 40.6. The number of rotatable bonds is 61. The maximum atomic E-state index is 14.7. The number of likely N-dealkylation sites (tertiary alicyclic amines) is 1. The molecule has 1 fully saturated rings. The number of imidazole rings is 1. The van der Waals surface area contributed by atoms with Gasteiger partial charge >= 0.3 is 23.9 Å². The molecule has 49 nitrogen and oxygen atoms in total. The van der Waals surface area contributed by atoms with Gasteiger partial charge in [-0.1, -0.05) is 84.7 Å². The van der Waals surface area contributed by atoms with E-state index in [0.717, 1.165) is 13.8 Å². The lowest BCUT2D eigenvalue weighted by Gasteiger charge is -2.31. The lowest BCUT2D eigenvalue weighted by atomic mass is 9.96. The van der Waals surface area contributed by atoms with Crippen LogP contribution in [0.4, 0.5) is 0 Å². The molecule has 2 heterocycles. The minimum absolute atomic E-state index is 0.0679. The minimum atomic E-state index is -2.10. The molecule has 0 saturated carbocycles. The summed E-state index contributed by atoms with van der Waals surface area (Å²) in [5.74, 6) is -26.0. The van der Waals surface area contributed by atoms with E-state index in [0.29, 0.717) is 24.1 Å². The lowest BCUT2D eigenvalue weighted by molar-refractivity contribution is -0.142. The van der Waals surface area contributed by atoms with Crippen LogP contribution >= 0.6 is 11.8 Å². The van der Waals surface area contributed by atoms with E-state index >= 15 is 0 Å². The number of aromatic amines is 1. The number of nitrogens with one attached hydrogen (secondary N) is 17. The third-order valence-corrected chi connectivity index (χ3v) is 21.7. The zero-order valence-electron chi connectivity index (χ0n) is 74.5. The van der Waals surface area contributed by atoms with Crippen molar-refractivity contribution in [1.82, 2.24) is 94.6 Å². The number of thioether (sulfide) groups is 1. The van der Waals surface area contributed by atoms with Gasteiger partial charge in [0.1, 0.15) is 84.6 Å². The predicted octanol–water partition coefficient (Wildman–Crippen LogP) is -7.08. The van der Waals surface area contributed by atoms with E-state index in [1.165, 1.54) is 41.3 Å². The molecule has 30 N–H and O–H groups in total. The van der Waals surface area contributed by atoms with E-state index in [9.17, 15) is 121 Å². The number of benzene rings is 1. The van der Waals surface area contributed by atoms with Gasteiger partial charge in [0.15, 0.2) is 5.96 Å². The first-order valence-corrected chi connectivity index (χ1v) is 44.0. The molecule has 3 rings (SSSR count). The fourth-order valence-electron chi connectivity index (χ4n) is 13.3. The second-order valence-electron chi connectivity index (χ2n) is 32.2. The number of carboxylic acids is 4. The number of guanidine groups is 1. The van der Waals surface area contributed by atoms with Crippen LogP contribution in [0.15, 0.2) is 42.9 Å². The van der Waals surface area contributed by atoms with Crippen LogP contribution < -0.4 is 103 Å². The number of hydrogen-bond donors (Lipinski definition) is 26. The van der Waals surface area contributed by atoms with Crippen LogP contribution in [-0.4, -0.2) is 299 Å². The summed E-state index contributed by atoms with van der Waals surface area (Å²) in [5.41, 5.74) is 22.9. The van der Waals surface area contributed by atoms with Crippen LogP contribution in [0, 0.1) is 23.2 Å². The second-order valence-corrected chi connectivity index (χ2v) is 33.2. The van der Waals surface area contributed by atoms with Crippen molar-refractivity contribution in [1.29, 1.82) is 5.41 Å². The molecule has 0 bridgehead atoms. The van der Waals surface area contributed by atoms with Crippen LogP contribution in [-0.2, 0) is 114 Å². The van der Waals surface area contributed by atoms with Crippen LogP contribution in [0.1, 0.15) is 169 Å². The van der Waals surface area contributed by atoms with Gasteiger partial charge in [0.05, 0.1) is 37.9 Å². The van der Waals surface area contributed by atoms with Gasteiger partial charge in [-0.15, -0.1) is 0 Å². The highest BCUT2D eigenvalue weighted by atomic mass is 32.2. The number of nitrogens with two attached hydrogens (primary N) is 4. The number of aromatic nitrogens is 2. The Labute approximate surface area is 759 Å². The molecule has 0 spiro atoms. The Morgan fingerprint density at radius 3 is 1.50 bits per heavy atom. The van der Waals surface area contributed by atoms with E-state index in [4.69, 9.17) is 33.5 Å². The quantitative estimate of drug-likeness (QED) is 0.0166. The molecule has 131 heavy (non-hydrogen) atoms. The Balaban J connectivity index is 1.89. The number of primary amides is 2. The van der Waals surface area contributed by atoms with E-state index in [2.05, 4.69) is 89.7 Å². The van der Waals surface area contributed by atoms with Crippen molar-refractivity contribution in [2.75, 3.05) is 31.6 Å². The Hall–Kier alpha value is -13.2. The summed E-state index contributed by atoms with van der Waals surface area (Å²) in [4.78, 5) is 292. The van der Waals surface area contributed by atoms with Crippen molar-refractivity contribution in [3.8, 4) is 0 Å². The highest BCUT2D eigenvalue weighted by molar-refractivity contribution is 7.98. The number of nitrogens with zero attached hydrogens (tertiary/aromatic N) is 2. The highest BCUT2D eigenvalue weighted by Gasteiger charge is 2.43. The third-order valence-electron chi connectivity index (χ3n) is 21.0. The summed E-state index contributed by atoms with van der Waals surface area (Å²) in [7, 11) is 0. The molecule has 0 unspecified atom stereocenters. The van der Waals surface area contributed by atoms with Crippen molar-refractivity contribution in [3.63, 3.8) is 0 Å². The van der Waals surface area contributed by atoms with Gasteiger partial charge in [-0.25, -0.2) is 9.78 Å². The van der Waals surface area contributed by atoms with Gasteiger partial charge in [-0.2, -0.15) is 11.8 Å². The van der Waals surface area contributed by atoms with Gasteiger partial charge < -0.3 is 138 Å². The summed E-state index contributed by atoms with van der Waals surface area (Å²) >= 11 is 1.22. The molecule has 17 amide bonds. The van der Waals surface area contributed by atoms with Gasteiger partial charge in [-0.05, 0) is 107 Å². The minimum Gasteiger partial charge on any atom is -0.481 e. The normalized spacial score (nSPS) is 16.2. The molecule has 1 aliphatic heterocycles. The van der Waals surface area contributed by atoms with Crippen molar-refractivity contribution in [2.24, 2.45) is 40.7 Å². The first-order valence-electron chi connectivity index (χ1n) is 42.6. The number of carbonyl (C=O) groups excluding carboxylic acids is 17. The topological polar surface area (TPSA) is 800 Å². The SMILES string of the molecule is CC[C@H](C)[C@H](NC(=O)[C@@H](NC(=O)[C@@H](NC(=O)[C@@H]1CCCN1C(=O)[C@@H](N)CCC(=O)O)[C@@H](C)CC)[C@@H](C)O)C(=O)NCC(=O)N[C@@H](CCCNC(=N)N)C(=O)N[C@@H](CC(=O)O)C(=O)N[C@@H](Cc1ccccc1)C(=O)N[C@@H](CCC(=O)O)C(=O)N[C@@H](C)C(=O)N[C@@H](CC(C)C)C(=O)N[C@@H](CCSC)C(=O)N[C@@H](CC(N)=O)C(=O)N[C@@H](CCC(N)=O)C(=O)N[C@@H](Cc1cnc[nH]1)C(=O)O. The van der Waals surface area contributed by atoms with E-state index in [-0.39, 0.29) is 70.2 Å². The van der Waals surface area contributed by atoms with Gasteiger partial charge in [0, 0.05) is 57.1 Å². The van der Waals surface area contributed by atoms with Crippen LogP contribution in [0.25, 0.3) is 0 Å².